The first-order valence-corrected chi connectivity index (χ1v) is 7.30. The van der Waals surface area contributed by atoms with Gasteiger partial charge in [-0.05, 0) is 31.5 Å². The summed E-state index contributed by atoms with van der Waals surface area (Å²) in [6.07, 6.45) is 1.05. The lowest BCUT2D eigenvalue weighted by Crippen LogP contribution is -2.12. The van der Waals surface area contributed by atoms with Crippen LogP contribution in [0.2, 0.25) is 0 Å². The summed E-state index contributed by atoms with van der Waals surface area (Å²) >= 11 is 9.63. The number of hydrogen-bond donors (Lipinski definition) is 1. The third-order valence-corrected chi connectivity index (χ3v) is 3.59. The largest absolute Gasteiger partial charge is 0.370 e. The van der Waals surface area contributed by atoms with Gasteiger partial charge < -0.3 is 10.3 Å². The second-order valence-corrected chi connectivity index (χ2v) is 6.01. The van der Waals surface area contributed by atoms with Gasteiger partial charge in [0.1, 0.15) is 5.82 Å². The van der Waals surface area contributed by atoms with Crippen LogP contribution in [0.25, 0.3) is 11.0 Å². The van der Waals surface area contributed by atoms with Crippen molar-refractivity contribution in [2.45, 2.75) is 31.7 Å². The zero-order chi connectivity index (χ0) is 14.0. The van der Waals surface area contributed by atoms with Gasteiger partial charge in [-0.3, -0.25) is 4.79 Å². The third kappa shape index (κ3) is 3.28. The molecule has 0 radical (unpaired) electrons. The summed E-state index contributed by atoms with van der Waals surface area (Å²) in [7, 11) is 0. The summed E-state index contributed by atoms with van der Waals surface area (Å²) in [5.41, 5.74) is 7.09. The maximum atomic E-state index is 10.8. The van der Waals surface area contributed by atoms with Gasteiger partial charge in [-0.1, -0.05) is 15.9 Å². The second-order valence-electron chi connectivity index (χ2n) is 4.44. The van der Waals surface area contributed by atoms with Crippen molar-refractivity contribution in [1.29, 1.82) is 0 Å². The monoisotopic (exact) mass is 343 g/mol. The van der Waals surface area contributed by atoms with Crippen LogP contribution in [0.3, 0.4) is 0 Å². The Kier molecular flexibility index (Phi) is 4.47. The highest BCUT2D eigenvalue weighted by Crippen LogP contribution is 2.27. The summed E-state index contributed by atoms with van der Waals surface area (Å²) in [6, 6.07) is 5.91. The minimum absolute atomic E-state index is 0.181. The molecule has 6 heteroatoms. The number of imidazole rings is 1. The molecule has 1 heterocycles. The lowest BCUT2D eigenvalue weighted by molar-refractivity contribution is -0.118. The number of alkyl halides is 1. The van der Waals surface area contributed by atoms with Crippen LogP contribution in [-0.4, -0.2) is 15.5 Å². The number of primary amides is 1. The van der Waals surface area contributed by atoms with Crippen molar-refractivity contribution < 1.29 is 4.79 Å². The van der Waals surface area contributed by atoms with Crippen molar-refractivity contribution in [3.05, 3.63) is 28.5 Å². The van der Waals surface area contributed by atoms with E-state index in [0.717, 1.165) is 21.3 Å². The highest BCUT2D eigenvalue weighted by Gasteiger charge is 2.15. The molecule has 0 saturated heterocycles. The number of aromatic nitrogens is 2. The van der Waals surface area contributed by atoms with Crippen LogP contribution in [0, 0.1) is 0 Å². The van der Waals surface area contributed by atoms with Gasteiger partial charge in [-0.15, -0.1) is 11.6 Å². The number of nitrogens with two attached hydrogens (primary N) is 1. The zero-order valence-corrected chi connectivity index (χ0v) is 12.9. The first kappa shape index (κ1) is 14.3. The number of carbonyl (C=O) groups excluding carboxylic acids is 1. The van der Waals surface area contributed by atoms with Gasteiger partial charge in [0.2, 0.25) is 5.91 Å². The molecule has 0 aliphatic rings. The fourth-order valence-corrected chi connectivity index (χ4v) is 2.58. The lowest BCUT2D eigenvalue weighted by atomic mass is 10.2. The minimum atomic E-state index is -0.286. The predicted molar refractivity (Wildman–Crippen MR) is 80.1 cm³/mol. The van der Waals surface area contributed by atoms with Gasteiger partial charge in [-0.25, -0.2) is 4.98 Å². The number of halogens is 2. The molecular formula is C13H15BrClN3O. The van der Waals surface area contributed by atoms with Crippen LogP contribution in [-0.2, 0) is 11.3 Å². The quantitative estimate of drug-likeness (QED) is 0.845. The molecule has 0 aliphatic heterocycles. The molecule has 1 aromatic heterocycles. The van der Waals surface area contributed by atoms with Gasteiger partial charge in [0.25, 0.3) is 0 Å². The molecule has 102 valence electrons. The standard InChI is InChI=1S/C13H15BrClN3O/c1-8(15)13-17-10-5-4-9(14)7-11(10)18(13)6-2-3-12(16)19/h4-5,7-8H,2-3,6H2,1H3,(H2,16,19). The summed E-state index contributed by atoms with van der Waals surface area (Å²) in [6.45, 7) is 2.57. The Morgan fingerprint density at radius 1 is 1.58 bits per heavy atom. The van der Waals surface area contributed by atoms with Crippen LogP contribution in [0.15, 0.2) is 22.7 Å². The smallest absolute Gasteiger partial charge is 0.217 e. The van der Waals surface area contributed by atoms with E-state index in [1.54, 1.807) is 0 Å². The van der Waals surface area contributed by atoms with Crippen molar-refractivity contribution in [3.63, 3.8) is 0 Å². The molecule has 1 amide bonds. The Morgan fingerprint density at radius 3 is 2.95 bits per heavy atom. The van der Waals surface area contributed by atoms with Gasteiger partial charge in [-0.2, -0.15) is 0 Å². The Morgan fingerprint density at radius 2 is 2.32 bits per heavy atom. The maximum Gasteiger partial charge on any atom is 0.217 e. The van der Waals surface area contributed by atoms with E-state index in [1.165, 1.54) is 0 Å². The van der Waals surface area contributed by atoms with E-state index < -0.39 is 0 Å². The van der Waals surface area contributed by atoms with E-state index in [1.807, 2.05) is 25.1 Å². The number of aryl methyl sites for hydroxylation is 1. The number of carbonyl (C=O) groups is 1. The molecule has 0 spiro atoms. The molecule has 2 N–H and O–H groups in total. The van der Waals surface area contributed by atoms with Gasteiger partial charge >= 0.3 is 0 Å². The van der Waals surface area contributed by atoms with Gasteiger partial charge in [0.05, 0.1) is 16.4 Å². The molecule has 1 unspecified atom stereocenters. The van der Waals surface area contributed by atoms with Crippen molar-refractivity contribution >= 4 is 44.5 Å². The molecule has 2 aromatic rings. The molecule has 4 nitrogen and oxygen atoms in total. The van der Waals surface area contributed by atoms with Crippen molar-refractivity contribution in [2.75, 3.05) is 0 Å². The second kappa shape index (κ2) is 5.92. The van der Waals surface area contributed by atoms with Crippen molar-refractivity contribution in [2.24, 2.45) is 5.73 Å². The number of benzene rings is 1. The topological polar surface area (TPSA) is 60.9 Å². The summed E-state index contributed by atoms with van der Waals surface area (Å²) in [4.78, 5) is 15.4. The SMILES string of the molecule is CC(Cl)c1nc2ccc(Br)cc2n1CCCC(N)=O. The van der Waals surface area contributed by atoms with E-state index in [0.29, 0.717) is 19.4 Å². The minimum Gasteiger partial charge on any atom is -0.370 e. The molecule has 0 aliphatic carbocycles. The molecule has 19 heavy (non-hydrogen) atoms. The highest BCUT2D eigenvalue weighted by molar-refractivity contribution is 9.10. The predicted octanol–water partition coefficient (Wildman–Crippen LogP) is 3.36. The third-order valence-electron chi connectivity index (χ3n) is 2.90. The Hall–Kier alpha value is -1.07. The van der Waals surface area contributed by atoms with Gasteiger partial charge in [0.15, 0.2) is 0 Å². The summed E-state index contributed by atoms with van der Waals surface area (Å²) in [5, 5.41) is -0.181. The van der Waals surface area contributed by atoms with E-state index >= 15 is 0 Å². The van der Waals surface area contributed by atoms with Crippen LogP contribution in [0.4, 0.5) is 0 Å². The molecular weight excluding hydrogens is 330 g/mol. The van der Waals surface area contributed by atoms with Crippen molar-refractivity contribution in [1.82, 2.24) is 9.55 Å². The Bertz CT molecular complexity index is 609. The number of amides is 1. The lowest BCUT2D eigenvalue weighted by Gasteiger charge is -2.09. The number of nitrogens with zero attached hydrogens (tertiary/aromatic N) is 2. The zero-order valence-electron chi connectivity index (χ0n) is 10.6. The van der Waals surface area contributed by atoms with Crippen LogP contribution < -0.4 is 5.73 Å². The fraction of sp³-hybridized carbons (Fsp3) is 0.385. The fourth-order valence-electron chi connectivity index (χ4n) is 2.06. The molecule has 0 fully saturated rings. The van der Waals surface area contributed by atoms with E-state index in [9.17, 15) is 4.79 Å². The van der Waals surface area contributed by atoms with Gasteiger partial charge in [0, 0.05) is 17.4 Å². The van der Waals surface area contributed by atoms with Crippen LogP contribution in [0.1, 0.15) is 31.0 Å². The average Bonchev–Trinajstić information content (AvgIpc) is 2.67. The average molecular weight is 345 g/mol. The van der Waals surface area contributed by atoms with E-state index in [-0.39, 0.29) is 11.3 Å². The van der Waals surface area contributed by atoms with E-state index in [4.69, 9.17) is 17.3 Å². The normalized spacial score (nSPS) is 12.8. The first-order chi connectivity index (χ1) is 8.99. The number of rotatable bonds is 5. The summed E-state index contributed by atoms with van der Waals surface area (Å²) in [5.74, 6) is 0.533. The highest BCUT2D eigenvalue weighted by atomic mass is 79.9. The van der Waals surface area contributed by atoms with Crippen LogP contribution >= 0.6 is 27.5 Å². The molecule has 0 bridgehead atoms. The molecule has 0 saturated carbocycles. The molecule has 2 rings (SSSR count). The van der Waals surface area contributed by atoms with E-state index in [2.05, 4.69) is 25.5 Å². The first-order valence-electron chi connectivity index (χ1n) is 6.07. The molecule has 1 atom stereocenters. The maximum absolute atomic E-state index is 10.8. The molecule has 1 aromatic carbocycles. The summed E-state index contributed by atoms with van der Waals surface area (Å²) < 4.78 is 3.05. The van der Waals surface area contributed by atoms with Crippen molar-refractivity contribution in [3.8, 4) is 0 Å². The Balaban J connectivity index is 2.39. The number of fused-ring (bicyclic) bond motifs is 1. The Labute approximate surface area is 125 Å². The number of hydrogen-bond acceptors (Lipinski definition) is 2. The van der Waals surface area contributed by atoms with Crippen LogP contribution in [0.5, 0.6) is 0 Å².